The fourth-order valence-corrected chi connectivity index (χ4v) is 4.74. The molecule has 1 aliphatic carbocycles. The van der Waals surface area contributed by atoms with E-state index in [0.29, 0.717) is 11.1 Å². The highest BCUT2D eigenvalue weighted by Gasteiger charge is 2.41. The average molecular weight is 446 g/mol. The van der Waals surface area contributed by atoms with Gasteiger partial charge in [-0.25, -0.2) is 9.97 Å². The van der Waals surface area contributed by atoms with Gasteiger partial charge in [0.1, 0.15) is 17.1 Å². The third-order valence-corrected chi connectivity index (χ3v) is 6.98. The summed E-state index contributed by atoms with van der Waals surface area (Å²) in [6.45, 7) is 14.2. The summed E-state index contributed by atoms with van der Waals surface area (Å²) < 4.78 is 2.07. The van der Waals surface area contributed by atoms with Crippen molar-refractivity contribution in [2.24, 2.45) is 11.8 Å². The van der Waals surface area contributed by atoms with Gasteiger partial charge < -0.3 is 20.3 Å². The number of allylic oxidation sites excluding steroid dienone is 1. The van der Waals surface area contributed by atoms with Crippen molar-refractivity contribution in [2.75, 3.05) is 26.2 Å². The molecule has 31 heavy (non-hydrogen) atoms. The van der Waals surface area contributed by atoms with E-state index in [2.05, 4.69) is 58.6 Å². The summed E-state index contributed by atoms with van der Waals surface area (Å²) in [5.41, 5.74) is 3.09. The van der Waals surface area contributed by atoms with Gasteiger partial charge in [0.25, 0.3) is 0 Å². The van der Waals surface area contributed by atoms with Crippen LogP contribution in [-0.2, 0) is 0 Å². The van der Waals surface area contributed by atoms with E-state index in [9.17, 15) is 5.11 Å². The van der Waals surface area contributed by atoms with Gasteiger partial charge in [0.15, 0.2) is 0 Å². The molecule has 1 fully saturated rings. The maximum Gasteiger partial charge on any atom is 0.145 e. The summed E-state index contributed by atoms with van der Waals surface area (Å²) in [6.07, 6.45) is 10.1. The molecular weight excluding hydrogens is 410 g/mol. The largest absolute Gasteiger partial charge is 0.391 e. The molecule has 6 nitrogen and oxygen atoms in total. The van der Waals surface area contributed by atoms with Crippen LogP contribution in [0, 0.1) is 11.8 Å². The van der Waals surface area contributed by atoms with Gasteiger partial charge >= 0.3 is 0 Å². The van der Waals surface area contributed by atoms with Crippen LogP contribution in [0.15, 0.2) is 30.8 Å². The maximum atomic E-state index is 11.0. The van der Waals surface area contributed by atoms with Gasteiger partial charge in [-0.3, -0.25) is 0 Å². The minimum Gasteiger partial charge on any atom is -0.391 e. The minimum absolute atomic E-state index is 0.0273. The van der Waals surface area contributed by atoms with Crippen LogP contribution >= 0.6 is 11.6 Å². The van der Waals surface area contributed by atoms with Crippen molar-refractivity contribution in [1.29, 1.82) is 0 Å². The molecule has 0 radical (unpaired) electrons. The SMILES string of the molecule is C=Cc1cn([C@@H]2C[C@H](CNCCCNCC/C(C)=C/C)[C@@H](C)[C@H]2O)c2ncnc(Cl)c12. The van der Waals surface area contributed by atoms with E-state index < -0.39 is 6.10 Å². The van der Waals surface area contributed by atoms with Crippen LogP contribution < -0.4 is 10.6 Å². The minimum atomic E-state index is -0.426. The number of rotatable bonds is 11. The lowest BCUT2D eigenvalue weighted by molar-refractivity contribution is 0.0955. The Kier molecular flexibility index (Phi) is 8.67. The topological polar surface area (TPSA) is 75.0 Å². The van der Waals surface area contributed by atoms with Gasteiger partial charge in [-0.2, -0.15) is 0 Å². The molecule has 2 heterocycles. The van der Waals surface area contributed by atoms with Crippen LogP contribution in [0.25, 0.3) is 17.1 Å². The van der Waals surface area contributed by atoms with E-state index in [1.54, 1.807) is 6.08 Å². The van der Waals surface area contributed by atoms with Crippen LogP contribution in [0.3, 0.4) is 0 Å². The normalized spacial score (nSPS) is 24.2. The summed E-state index contributed by atoms with van der Waals surface area (Å²) in [5.74, 6) is 0.619. The van der Waals surface area contributed by atoms with E-state index in [1.165, 1.54) is 11.9 Å². The second-order valence-corrected chi connectivity index (χ2v) is 9.02. The highest BCUT2D eigenvalue weighted by atomic mass is 35.5. The van der Waals surface area contributed by atoms with Gasteiger partial charge in [-0.05, 0) is 71.1 Å². The van der Waals surface area contributed by atoms with Crippen molar-refractivity contribution < 1.29 is 5.11 Å². The van der Waals surface area contributed by atoms with Gasteiger partial charge in [-0.1, -0.05) is 42.8 Å². The molecule has 2 aromatic heterocycles. The van der Waals surface area contributed by atoms with Crippen molar-refractivity contribution >= 4 is 28.7 Å². The highest BCUT2D eigenvalue weighted by molar-refractivity contribution is 6.34. The number of fused-ring (bicyclic) bond motifs is 1. The quantitative estimate of drug-likeness (QED) is 0.274. The molecule has 2 aromatic rings. The molecule has 1 aliphatic rings. The molecule has 1 saturated carbocycles. The van der Waals surface area contributed by atoms with E-state index in [-0.39, 0.29) is 12.0 Å². The van der Waals surface area contributed by atoms with Crippen molar-refractivity contribution in [3.63, 3.8) is 0 Å². The third-order valence-electron chi connectivity index (χ3n) is 6.69. The molecule has 0 amide bonds. The van der Waals surface area contributed by atoms with Crippen molar-refractivity contribution in [3.8, 4) is 0 Å². The molecule has 4 atom stereocenters. The number of aliphatic hydroxyl groups excluding tert-OH is 1. The summed E-state index contributed by atoms with van der Waals surface area (Å²) >= 11 is 6.31. The van der Waals surface area contributed by atoms with E-state index in [4.69, 9.17) is 11.6 Å². The second kappa shape index (κ2) is 11.2. The number of hydrogen-bond acceptors (Lipinski definition) is 5. The zero-order chi connectivity index (χ0) is 22.4. The molecule has 0 saturated heterocycles. The Morgan fingerprint density at radius 3 is 2.84 bits per heavy atom. The van der Waals surface area contributed by atoms with E-state index in [0.717, 1.165) is 62.0 Å². The van der Waals surface area contributed by atoms with Gasteiger partial charge in [0, 0.05) is 11.8 Å². The number of halogens is 1. The number of hydrogen-bond donors (Lipinski definition) is 3. The molecule has 170 valence electrons. The molecule has 3 N–H and O–H groups in total. The van der Waals surface area contributed by atoms with Crippen LogP contribution in [0.1, 0.15) is 51.6 Å². The monoisotopic (exact) mass is 445 g/mol. The first-order valence-corrected chi connectivity index (χ1v) is 11.7. The zero-order valence-electron chi connectivity index (χ0n) is 18.9. The molecule has 0 aromatic carbocycles. The first kappa shape index (κ1) is 23.9. The first-order chi connectivity index (χ1) is 15.0. The van der Waals surface area contributed by atoms with Gasteiger partial charge in [0.05, 0.1) is 17.5 Å². The van der Waals surface area contributed by atoms with Crippen LogP contribution in [0.2, 0.25) is 5.15 Å². The fourth-order valence-electron chi connectivity index (χ4n) is 4.50. The first-order valence-electron chi connectivity index (χ1n) is 11.3. The second-order valence-electron chi connectivity index (χ2n) is 8.66. The Balaban J connectivity index is 1.52. The molecule has 0 bridgehead atoms. The summed E-state index contributed by atoms with van der Waals surface area (Å²) in [4.78, 5) is 8.56. The van der Waals surface area contributed by atoms with Crippen LogP contribution in [0.5, 0.6) is 0 Å². The Hall–Kier alpha value is -1.73. The predicted molar refractivity (Wildman–Crippen MR) is 129 cm³/mol. The van der Waals surface area contributed by atoms with Gasteiger partial charge in [0.2, 0.25) is 0 Å². The van der Waals surface area contributed by atoms with Crippen molar-refractivity contribution in [1.82, 2.24) is 25.2 Å². The molecule has 3 rings (SSSR count). The number of nitrogens with one attached hydrogen (secondary N) is 2. The van der Waals surface area contributed by atoms with Crippen LogP contribution in [0.4, 0.5) is 0 Å². The fraction of sp³-hybridized carbons (Fsp3) is 0.583. The van der Waals surface area contributed by atoms with Crippen molar-refractivity contribution in [3.05, 3.63) is 41.5 Å². The Morgan fingerprint density at radius 1 is 1.32 bits per heavy atom. The lowest BCUT2D eigenvalue weighted by Gasteiger charge is -2.19. The van der Waals surface area contributed by atoms with Crippen LogP contribution in [-0.4, -0.2) is 51.9 Å². The molecule has 7 heteroatoms. The Bertz CT molecular complexity index is 909. The maximum absolute atomic E-state index is 11.0. The Morgan fingerprint density at radius 2 is 2.10 bits per heavy atom. The number of aromatic nitrogens is 3. The van der Waals surface area contributed by atoms with E-state index >= 15 is 0 Å². The zero-order valence-corrected chi connectivity index (χ0v) is 19.7. The standard InChI is InChI=1S/C24H36ClN5O/c1-5-16(3)8-11-26-9-7-10-27-13-19-12-20(22(31)17(19)4)30-14-18(6-2)21-23(25)28-15-29-24(21)30/h5-6,14-15,17,19-20,22,26-27,31H,2,7-13H2,1,3-4H3/b16-5+/t17-,19-,20-,22-/m1/s1. The molecular formula is C24H36ClN5O. The predicted octanol–water partition coefficient (Wildman–Crippen LogP) is 4.21. The number of nitrogens with zero attached hydrogens (tertiary/aromatic N) is 3. The van der Waals surface area contributed by atoms with E-state index in [1.807, 2.05) is 6.20 Å². The molecule has 0 spiro atoms. The summed E-state index contributed by atoms with van der Waals surface area (Å²) in [5, 5.41) is 19.3. The summed E-state index contributed by atoms with van der Waals surface area (Å²) in [7, 11) is 0. The smallest absolute Gasteiger partial charge is 0.145 e. The summed E-state index contributed by atoms with van der Waals surface area (Å²) in [6, 6.07) is -0.0273. The highest BCUT2D eigenvalue weighted by Crippen LogP contribution is 2.41. The lowest BCUT2D eigenvalue weighted by atomic mass is 9.97. The number of aliphatic hydroxyl groups is 1. The molecule has 0 aliphatic heterocycles. The Labute approximate surface area is 190 Å². The van der Waals surface area contributed by atoms with Gasteiger partial charge in [-0.15, -0.1) is 0 Å². The molecule has 0 unspecified atom stereocenters. The van der Waals surface area contributed by atoms with Crippen molar-refractivity contribution in [2.45, 2.75) is 52.2 Å². The lowest BCUT2D eigenvalue weighted by Crippen LogP contribution is -2.29. The average Bonchev–Trinajstić information content (AvgIpc) is 3.28. The third kappa shape index (κ3) is 5.55.